The molecule has 61 heavy (non-hydrogen) atoms. The van der Waals surface area contributed by atoms with Crippen LogP contribution in [0, 0.1) is 0 Å². The van der Waals surface area contributed by atoms with Crippen LogP contribution in [-0.2, 0) is 10.8 Å². The number of benzene rings is 9. The fraction of sp³-hybridized carbons (Fsp3) is 0.0847. The molecule has 10 aromatic rings. The van der Waals surface area contributed by atoms with Crippen LogP contribution in [0.3, 0.4) is 0 Å². The summed E-state index contributed by atoms with van der Waals surface area (Å²) in [5.41, 5.74) is 18.8. The molecule has 0 N–H and O–H groups in total. The quantitative estimate of drug-likeness (QED) is 0.174. The van der Waals surface area contributed by atoms with Gasteiger partial charge < -0.3 is 0 Å². The molecule has 0 bridgehead atoms. The van der Waals surface area contributed by atoms with Gasteiger partial charge in [-0.05, 0) is 114 Å². The van der Waals surface area contributed by atoms with Gasteiger partial charge in [0.15, 0.2) is 5.82 Å². The lowest BCUT2D eigenvalue weighted by Gasteiger charge is -2.28. The van der Waals surface area contributed by atoms with E-state index in [0.717, 1.165) is 28.1 Å². The van der Waals surface area contributed by atoms with Gasteiger partial charge >= 0.3 is 0 Å². The Hall–Kier alpha value is -7.42. The molecule has 288 valence electrons. The minimum Gasteiger partial charge on any atom is -0.228 e. The second kappa shape index (κ2) is 13.3. The zero-order valence-electron chi connectivity index (χ0n) is 34.4. The molecule has 1 unspecified atom stereocenters. The van der Waals surface area contributed by atoms with E-state index in [1.807, 2.05) is 6.07 Å². The summed E-state index contributed by atoms with van der Waals surface area (Å²) in [7, 11) is 0. The molecule has 0 aliphatic heterocycles. The third-order valence-corrected chi connectivity index (χ3v) is 13.8. The Morgan fingerprint density at radius 1 is 0.344 bits per heavy atom. The molecule has 0 fully saturated rings. The highest BCUT2D eigenvalue weighted by atomic mass is 14.9. The molecule has 1 atom stereocenters. The molecule has 2 aliphatic carbocycles. The predicted molar refractivity (Wildman–Crippen MR) is 254 cm³/mol. The molecule has 9 aromatic carbocycles. The number of hydrogen-bond donors (Lipinski definition) is 0. The van der Waals surface area contributed by atoms with E-state index in [1.165, 1.54) is 82.7 Å². The summed E-state index contributed by atoms with van der Waals surface area (Å²) in [6.45, 7) is 7.11. The van der Waals surface area contributed by atoms with Crippen molar-refractivity contribution in [1.29, 1.82) is 0 Å². The van der Waals surface area contributed by atoms with Gasteiger partial charge in [0, 0.05) is 27.5 Å². The summed E-state index contributed by atoms with van der Waals surface area (Å²) in [5.74, 6) is 0.712. The standard InChI is InChI=1S/C59H42N2/c1-58(2)52-35-40(29-30-45(52)49-33-38-19-10-11-20-39(38)34-53(49)58)42-31-32-46(44-24-13-12-23-43(42)44)54-36-55(61-57(60-54)37-17-6-4-7-18-37)48-26-16-28-51-56(48)47-25-14-15-27-50(47)59(51,3)41-21-8-5-9-22-41/h4-36H,1-3H3. The lowest BCUT2D eigenvalue weighted by atomic mass is 9.74. The Morgan fingerprint density at radius 2 is 0.918 bits per heavy atom. The van der Waals surface area contributed by atoms with Crippen molar-refractivity contribution in [1.82, 2.24) is 9.97 Å². The summed E-state index contributed by atoms with van der Waals surface area (Å²) < 4.78 is 0. The molecule has 0 spiro atoms. The van der Waals surface area contributed by atoms with Crippen molar-refractivity contribution in [3.05, 3.63) is 228 Å². The van der Waals surface area contributed by atoms with Crippen molar-refractivity contribution in [3.63, 3.8) is 0 Å². The van der Waals surface area contributed by atoms with Gasteiger partial charge in [-0.3, -0.25) is 0 Å². The van der Waals surface area contributed by atoms with Crippen molar-refractivity contribution < 1.29 is 0 Å². The molecule has 2 aliphatic rings. The fourth-order valence-electron chi connectivity index (χ4n) is 10.6. The highest BCUT2D eigenvalue weighted by Gasteiger charge is 2.42. The first kappa shape index (κ1) is 35.5. The third kappa shape index (κ3) is 5.28. The largest absolute Gasteiger partial charge is 0.228 e. The molecule has 1 heterocycles. The van der Waals surface area contributed by atoms with E-state index in [4.69, 9.17) is 9.97 Å². The zero-order valence-corrected chi connectivity index (χ0v) is 34.4. The maximum atomic E-state index is 5.39. The van der Waals surface area contributed by atoms with E-state index in [2.05, 4.69) is 215 Å². The summed E-state index contributed by atoms with van der Waals surface area (Å²) in [5, 5.41) is 4.94. The molecule has 0 saturated carbocycles. The first-order valence-corrected chi connectivity index (χ1v) is 21.3. The Bertz CT molecular complexity index is 3400. The molecule has 0 saturated heterocycles. The van der Waals surface area contributed by atoms with E-state index in [0.29, 0.717) is 5.82 Å². The van der Waals surface area contributed by atoms with E-state index >= 15 is 0 Å². The van der Waals surface area contributed by atoms with Gasteiger partial charge in [-0.15, -0.1) is 0 Å². The normalized spacial score (nSPS) is 15.7. The molecule has 12 rings (SSSR count). The lowest BCUT2D eigenvalue weighted by Crippen LogP contribution is -2.22. The number of rotatable bonds is 5. The molecular formula is C59H42N2. The summed E-state index contributed by atoms with van der Waals surface area (Å²) in [4.78, 5) is 10.8. The Balaban J connectivity index is 1.03. The minimum atomic E-state index is -0.309. The van der Waals surface area contributed by atoms with Crippen molar-refractivity contribution in [3.8, 4) is 67.3 Å². The molecule has 1 aromatic heterocycles. The predicted octanol–water partition coefficient (Wildman–Crippen LogP) is 15.1. The summed E-state index contributed by atoms with van der Waals surface area (Å²) in [6, 6.07) is 73.1. The van der Waals surface area contributed by atoms with Crippen LogP contribution in [-0.4, -0.2) is 9.97 Å². The van der Waals surface area contributed by atoms with Gasteiger partial charge in [0.1, 0.15) is 0 Å². The van der Waals surface area contributed by atoms with Crippen LogP contribution in [0.4, 0.5) is 0 Å². The fourth-order valence-corrected chi connectivity index (χ4v) is 10.6. The van der Waals surface area contributed by atoms with Crippen LogP contribution in [0.1, 0.15) is 48.6 Å². The highest BCUT2D eigenvalue weighted by molar-refractivity contribution is 6.06. The topological polar surface area (TPSA) is 25.8 Å². The van der Waals surface area contributed by atoms with E-state index < -0.39 is 0 Å². The molecular weight excluding hydrogens is 737 g/mol. The first-order valence-electron chi connectivity index (χ1n) is 21.3. The molecule has 0 radical (unpaired) electrons. The number of fused-ring (bicyclic) bond motifs is 8. The van der Waals surface area contributed by atoms with E-state index in [1.54, 1.807) is 0 Å². The number of nitrogens with zero attached hydrogens (tertiary/aromatic N) is 2. The first-order chi connectivity index (χ1) is 29.9. The Kier molecular flexibility index (Phi) is 7.74. The van der Waals surface area contributed by atoms with Crippen molar-refractivity contribution >= 4 is 21.5 Å². The Morgan fingerprint density at radius 3 is 1.70 bits per heavy atom. The average molecular weight is 779 g/mol. The maximum Gasteiger partial charge on any atom is 0.160 e. The SMILES string of the molecule is CC1(C)c2cc(-c3ccc(-c4cc(-c5cccc6c5-c5ccccc5C6(C)c5ccccc5)nc(-c5ccccc5)n4)c4ccccc34)ccc2-c2cc3ccccc3cc21. The monoisotopic (exact) mass is 778 g/mol. The second-order valence-corrected chi connectivity index (χ2v) is 17.4. The van der Waals surface area contributed by atoms with Gasteiger partial charge in [-0.25, -0.2) is 9.97 Å². The summed E-state index contributed by atoms with van der Waals surface area (Å²) in [6.07, 6.45) is 0. The lowest BCUT2D eigenvalue weighted by molar-refractivity contribution is 0.661. The van der Waals surface area contributed by atoms with Crippen molar-refractivity contribution in [2.75, 3.05) is 0 Å². The average Bonchev–Trinajstić information content (AvgIpc) is 3.71. The smallest absolute Gasteiger partial charge is 0.160 e. The molecule has 0 amide bonds. The van der Waals surface area contributed by atoms with Crippen LogP contribution in [0.2, 0.25) is 0 Å². The van der Waals surface area contributed by atoms with Gasteiger partial charge in [0.25, 0.3) is 0 Å². The number of aromatic nitrogens is 2. The number of hydrogen-bond acceptors (Lipinski definition) is 2. The van der Waals surface area contributed by atoms with Crippen LogP contribution >= 0.6 is 0 Å². The van der Waals surface area contributed by atoms with Gasteiger partial charge in [-0.2, -0.15) is 0 Å². The van der Waals surface area contributed by atoms with Gasteiger partial charge in [-0.1, -0.05) is 190 Å². The van der Waals surface area contributed by atoms with Crippen LogP contribution in [0.5, 0.6) is 0 Å². The Labute approximate surface area is 356 Å². The maximum absolute atomic E-state index is 5.39. The molecule has 2 nitrogen and oxygen atoms in total. The van der Waals surface area contributed by atoms with E-state index in [-0.39, 0.29) is 10.8 Å². The summed E-state index contributed by atoms with van der Waals surface area (Å²) >= 11 is 0. The second-order valence-electron chi connectivity index (χ2n) is 17.4. The minimum absolute atomic E-state index is 0.123. The van der Waals surface area contributed by atoms with Crippen LogP contribution in [0.25, 0.3) is 88.8 Å². The zero-order chi connectivity index (χ0) is 40.9. The van der Waals surface area contributed by atoms with Gasteiger partial charge in [0.05, 0.1) is 11.4 Å². The molecule has 2 heteroatoms. The van der Waals surface area contributed by atoms with Crippen molar-refractivity contribution in [2.24, 2.45) is 0 Å². The third-order valence-electron chi connectivity index (χ3n) is 13.8. The van der Waals surface area contributed by atoms with Crippen LogP contribution in [0.15, 0.2) is 200 Å². The van der Waals surface area contributed by atoms with E-state index in [9.17, 15) is 0 Å². The van der Waals surface area contributed by atoms with Crippen LogP contribution < -0.4 is 0 Å². The highest BCUT2D eigenvalue weighted by Crippen LogP contribution is 2.55. The van der Waals surface area contributed by atoms with Gasteiger partial charge in [0.2, 0.25) is 0 Å². The van der Waals surface area contributed by atoms with Crippen molar-refractivity contribution in [2.45, 2.75) is 31.6 Å².